The van der Waals surface area contributed by atoms with E-state index in [1.807, 2.05) is 31.2 Å². The maximum atomic E-state index is 6.24. The summed E-state index contributed by atoms with van der Waals surface area (Å²) in [5.74, 6) is 1.85. The highest BCUT2D eigenvalue weighted by Gasteiger charge is 2.14. The minimum Gasteiger partial charge on any atom is -0.493 e. The average Bonchev–Trinajstić information content (AvgIpc) is 2.89. The molecule has 21 heavy (non-hydrogen) atoms. The molecule has 3 rings (SSSR count). The molecule has 0 aliphatic carbocycles. The Hall–Kier alpha value is -2.20. The number of aromatic nitrogens is 2. The number of hydrogen-bond acceptors (Lipinski definition) is 3. The molecule has 108 valence electrons. The Bertz CT molecular complexity index is 811. The summed E-state index contributed by atoms with van der Waals surface area (Å²) in [6, 6.07) is 9.76. The molecule has 0 aliphatic rings. The van der Waals surface area contributed by atoms with E-state index in [4.69, 9.17) is 21.1 Å². The number of nitrogens with zero attached hydrogens (tertiary/aromatic N) is 1. The van der Waals surface area contributed by atoms with Crippen LogP contribution in [0.15, 0.2) is 30.3 Å². The van der Waals surface area contributed by atoms with Gasteiger partial charge in [-0.05, 0) is 36.8 Å². The third-order valence-electron chi connectivity index (χ3n) is 3.34. The van der Waals surface area contributed by atoms with Crippen molar-refractivity contribution in [2.45, 2.75) is 6.92 Å². The highest BCUT2D eigenvalue weighted by atomic mass is 35.5. The van der Waals surface area contributed by atoms with Gasteiger partial charge in [-0.2, -0.15) is 0 Å². The Kier molecular flexibility index (Phi) is 3.47. The number of halogens is 1. The standard InChI is InChI=1S/C16H15ClN2O2/c1-9-4-5-12-13(6-9)19-16(18-12)10-7-11(17)15(21-3)14(8-10)20-2/h4-8H,1-3H3,(H,18,19). The van der Waals surface area contributed by atoms with Crippen LogP contribution in [0.5, 0.6) is 11.5 Å². The lowest BCUT2D eigenvalue weighted by atomic mass is 10.2. The first-order chi connectivity index (χ1) is 10.1. The summed E-state index contributed by atoms with van der Waals surface area (Å²) in [7, 11) is 3.15. The predicted octanol–water partition coefficient (Wildman–Crippen LogP) is 4.21. The quantitative estimate of drug-likeness (QED) is 0.788. The van der Waals surface area contributed by atoms with Gasteiger partial charge in [0.05, 0.1) is 30.3 Å². The van der Waals surface area contributed by atoms with Crippen LogP contribution in [-0.4, -0.2) is 24.2 Å². The maximum absolute atomic E-state index is 6.24. The number of fused-ring (bicyclic) bond motifs is 1. The van der Waals surface area contributed by atoms with E-state index in [0.29, 0.717) is 16.5 Å². The Morgan fingerprint density at radius 3 is 2.62 bits per heavy atom. The highest BCUT2D eigenvalue weighted by molar-refractivity contribution is 6.32. The topological polar surface area (TPSA) is 47.1 Å². The number of H-pyrrole nitrogens is 1. The van der Waals surface area contributed by atoms with Crippen LogP contribution in [0, 0.1) is 6.92 Å². The number of imidazole rings is 1. The summed E-state index contributed by atoms with van der Waals surface area (Å²) >= 11 is 6.24. The molecule has 0 fully saturated rings. The summed E-state index contributed by atoms with van der Waals surface area (Å²) in [4.78, 5) is 7.89. The molecule has 2 aromatic carbocycles. The third kappa shape index (κ3) is 2.43. The van der Waals surface area contributed by atoms with E-state index in [9.17, 15) is 0 Å². The summed E-state index contributed by atoms with van der Waals surface area (Å²) in [6.07, 6.45) is 0. The van der Waals surface area contributed by atoms with E-state index in [2.05, 4.69) is 16.0 Å². The highest BCUT2D eigenvalue weighted by Crippen LogP contribution is 2.38. The van der Waals surface area contributed by atoms with Crippen LogP contribution < -0.4 is 9.47 Å². The van der Waals surface area contributed by atoms with Crippen molar-refractivity contribution in [2.75, 3.05) is 14.2 Å². The van der Waals surface area contributed by atoms with Gasteiger partial charge in [0.25, 0.3) is 0 Å². The molecular weight excluding hydrogens is 288 g/mol. The van der Waals surface area contributed by atoms with Gasteiger partial charge in [-0.15, -0.1) is 0 Å². The maximum Gasteiger partial charge on any atom is 0.179 e. The SMILES string of the molecule is COc1cc(-c2nc3ccc(C)cc3[nH]2)cc(Cl)c1OC. The molecule has 1 N–H and O–H groups in total. The van der Waals surface area contributed by atoms with Crippen molar-refractivity contribution in [1.29, 1.82) is 0 Å². The Balaban J connectivity index is 2.15. The van der Waals surface area contributed by atoms with Gasteiger partial charge in [-0.25, -0.2) is 4.98 Å². The smallest absolute Gasteiger partial charge is 0.179 e. The Morgan fingerprint density at radius 1 is 1.10 bits per heavy atom. The van der Waals surface area contributed by atoms with Crippen LogP contribution >= 0.6 is 11.6 Å². The molecule has 0 radical (unpaired) electrons. The molecule has 0 bridgehead atoms. The van der Waals surface area contributed by atoms with E-state index in [1.165, 1.54) is 5.56 Å². The van der Waals surface area contributed by atoms with Gasteiger partial charge in [-0.1, -0.05) is 17.7 Å². The number of aromatic amines is 1. The number of ether oxygens (including phenoxy) is 2. The zero-order valence-electron chi connectivity index (χ0n) is 12.0. The molecule has 0 amide bonds. The number of rotatable bonds is 3. The second kappa shape index (κ2) is 5.30. The second-order valence-corrected chi connectivity index (χ2v) is 5.21. The van der Waals surface area contributed by atoms with Crippen molar-refractivity contribution in [1.82, 2.24) is 9.97 Å². The monoisotopic (exact) mass is 302 g/mol. The molecule has 1 aromatic heterocycles. The number of hydrogen-bond donors (Lipinski definition) is 1. The lowest BCUT2D eigenvalue weighted by Crippen LogP contribution is -1.93. The van der Waals surface area contributed by atoms with Crippen LogP contribution in [-0.2, 0) is 0 Å². The van der Waals surface area contributed by atoms with Crippen molar-refractivity contribution in [3.05, 3.63) is 40.9 Å². The normalized spacial score (nSPS) is 10.9. The number of benzene rings is 2. The summed E-state index contributed by atoms with van der Waals surface area (Å²) in [5, 5.41) is 0.489. The zero-order valence-corrected chi connectivity index (χ0v) is 12.8. The minimum absolute atomic E-state index is 0.489. The van der Waals surface area contributed by atoms with Gasteiger partial charge >= 0.3 is 0 Å². The van der Waals surface area contributed by atoms with Gasteiger partial charge in [0.2, 0.25) is 0 Å². The van der Waals surface area contributed by atoms with Crippen molar-refractivity contribution in [3.63, 3.8) is 0 Å². The number of nitrogens with one attached hydrogen (secondary N) is 1. The molecule has 0 saturated carbocycles. The fourth-order valence-corrected chi connectivity index (χ4v) is 2.60. The van der Waals surface area contributed by atoms with Crippen molar-refractivity contribution in [3.8, 4) is 22.9 Å². The fourth-order valence-electron chi connectivity index (χ4n) is 2.31. The third-order valence-corrected chi connectivity index (χ3v) is 3.63. The lowest BCUT2D eigenvalue weighted by Gasteiger charge is -2.10. The average molecular weight is 303 g/mol. The molecule has 0 spiro atoms. The summed E-state index contributed by atoms with van der Waals surface area (Å²) < 4.78 is 10.6. The first kappa shape index (κ1) is 13.8. The predicted molar refractivity (Wildman–Crippen MR) is 84.4 cm³/mol. The molecule has 3 aromatic rings. The Morgan fingerprint density at radius 2 is 1.90 bits per heavy atom. The molecule has 5 heteroatoms. The zero-order chi connectivity index (χ0) is 15.0. The molecule has 0 saturated heterocycles. The number of methoxy groups -OCH3 is 2. The van der Waals surface area contributed by atoms with Crippen molar-refractivity contribution >= 4 is 22.6 Å². The Labute approximate surface area is 127 Å². The van der Waals surface area contributed by atoms with E-state index >= 15 is 0 Å². The van der Waals surface area contributed by atoms with Crippen LogP contribution in [0.25, 0.3) is 22.4 Å². The van der Waals surface area contributed by atoms with Gasteiger partial charge in [0.1, 0.15) is 5.82 Å². The van der Waals surface area contributed by atoms with Gasteiger partial charge in [0.15, 0.2) is 11.5 Å². The largest absolute Gasteiger partial charge is 0.493 e. The van der Waals surface area contributed by atoms with Gasteiger partial charge in [0, 0.05) is 5.56 Å². The van der Waals surface area contributed by atoms with E-state index < -0.39 is 0 Å². The minimum atomic E-state index is 0.489. The van der Waals surface area contributed by atoms with E-state index in [1.54, 1.807) is 14.2 Å². The molecular formula is C16H15ClN2O2. The van der Waals surface area contributed by atoms with Crippen LogP contribution in [0.4, 0.5) is 0 Å². The van der Waals surface area contributed by atoms with Crippen LogP contribution in [0.3, 0.4) is 0 Å². The fraction of sp³-hybridized carbons (Fsp3) is 0.188. The second-order valence-electron chi connectivity index (χ2n) is 4.80. The lowest BCUT2D eigenvalue weighted by molar-refractivity contribution is 0.355. The number of aryl methyl sites for hydroxylation is 1. The summed E-state index contributed by atoms with van der Waals surface area (Å²) in [6.45, 7) is 2.05. The van der Waals surface area contributed by atoms with Gasteiger partial charge in [-0.3, -0.25) is 0 Å². The molecule has 1 heterocycles. The first-order valence-corrected chi connectivity index (χ1v) is 6.88. The first-order valence-electron chi connectivity index (χ1n) is 6.50. The molecule has 0 unspecified atom stereocenters. The van der Waals surface area contributed by atoms with Crippen molar-refractivity contribution < 1.29 is 9.47 Å². The van der Waals surface area contributed by atoms with E-state index in [-0.39, 0.29) is 0 Å². The van der Waals surface area contributed by atoms with Gasteiger partial charge < -0.3 is 14.5 Å². The van der Waals surface area contributed by atoms with E-state index in [0.717, 1.165) is 22.4 Å². The molecule has 0 aliphatic heterocycles. The van der Waals surface area contributed by atoms with Crippen LogP contribution in [0.2, 0.25) is 5.02 Å². The van der Waals surface area contributed by atoms with Crippen molar-refractivity contribution in [2.24, 2.45) is 0 Å². The molecule has 0 atom stereocenters. The van der Waals surface area contributed by atoms with Crippen LogP contribution in [0.1, 0.15) is 5.56 Å². The molecule has 4 nitrogen and oxygen atoms in total. The summed E-state index contributed by atoms with van der Waals surface area (Å²) in [5.41, 5.74) is 3.95.